The molecule has 0 spiro atoms. The summed E-state index contributed by atoms with van der Waals surface area (Å²) in [7, 11) is 0. The first-order chi connectivity index (χ1) is 18.0. The van der Waals surface area contributed by atoms with Crippen LogP contribution in [-0.2, 0) is 9.53 Å². The van der Waals surface area contributed by atoms with E-state index in [1.807, 2.05) is 6.92 Å². The third-order valence-corrected chi connectivity index (χ3v) is 8.05. The molecule has 2 aromatic rings. The lowest BCUT2D eigenvalue weighted by Crippen LogP contribution is -2.28. The van der Waals surface area contributed by atoms with Gasteiger partial charge in [-0.05, 0) is 89.2 Å². The molecule has 1 aliphatic carbocycles. The number of halogens is 2. The second-order valence-corrected chi connectivity index (χ2v) is 11.3. The summed E-state index contributed by atoms with van der Waals surface area (Å²) in [6, 6.07) is 15.1. The zero-order valence-corrected chi connectivity index (χ0v) is 24.2. The van der Waals surface area contributed by atoms with Crippen LogP contribution in [0.1, 0.15) is 109 Å². The van der Waals surface area contributed by atoms with Crippen molar-refractivity contribution in [3.05, 3.63) is 52.5 Å². The molecule has 2 aromatic carbocycles. The summed E-state index contributed by atoms with van der Waals surface area (Å²) in [4.78, 5) is 12.0. The number of hydrogen-bond acceptors (Lipinski definition) is 3. The van der Waals surface area contributed by atoms with Crippen molar-refractivity contribution in [1.82, 2.24) is 0 Å². The van der Waals surface area contributed by atoms with Crippen molar-refractivity contribution in [1.29, 1.82) is 0 Å². The zero-order valence-electron chi connectivity index (χ0n) is 22.7. The van der Waals surface area contributed by atoms with Gasteiger partial charge < -0.3 is 9.47 Å². The molecular formula is C32H44BrFO3. The lowest BCUT2D eigenvalue weighted by atomic mass is 9.82. The number of esters is 1. The molecule has 0 heterocycles. The highest BCUT2D eigenvalue weighted by Crippen LogP contribution is 2.36. The van der Waals surface area contributed by atoms with E-state index in [0.29, 0.717) is 12.3 Å². The first kappa shape index (κ1) is 29.7. The van der Waals surface area contributed by atoms with Crippen LogP contribution in [0.5, 0.6) is 5.75 Å². The van der Waals surface area contributed by atoms with Crippen LogP contribution in [-0.4, -0.2) is 24.9 Å². The van der Waals surface area contributed by atoms with Crippen molar-refractivity contribution < 1.29 is 18.7 Å². The van der Waals surface area contributed by atoms with Crippen LogP contribution < -0.4 is 4.74 Å². The van der Waals surface area contributed by atoms with Crippen LogP contribution in [0, 0.1) is 0 Å². The Kier molecular flexibility index (Phi) is 13.0. The summed E-state index contributed by atoms with van der Waals surface area (Å²) < 4.78 is 26.4. The van der Waals surface area contributed by atoms with E-state index in [9.17, 15) is 9.18 Å². The number of hydrogen-bond donors (Lipinski definition) is 0. The Morgan fingerprint density at radius 3 is 2.22 bits per heavy atom. The van der Waals surface area contributed by atoms with Crippen LogP contribution in [0.4, 0.5) is 4.39 Å². The van der Waals surface area contributed by atoms with E-state index in [4.69, 9.17) is 9.47 Å². The van der Waals surface area contributed by atoms with Gasteiger partial charge in [-0.3, -0.25) is 0 Å². The zero-order chi connectivity index (χ0) is 26.5. The van der Waals surface area contributed by atoms with Gasteiger partial charge in [0.05, 0.1) is 11.1 Å². The standard InChI is InChI=1S/C32H44BrFO3/c1-3-5-7-8-9-10-22-36-31-21-18-27(23-29(31)33)26-14-12-24(13-15-26)25-16-19-28(20-17-25)37-32(35)30(34)11-6-4-2/h12-15,18,21,23,25,28,30H,3-11,16-17,19-20,22H2,1-2H3/t25-,28-,30-/m0/s1. The molecule has 1 aliphatic rings. The fraction of sp³-hybridized carbons (Fsp3) is 0.594. The van der Waals surface area contributed by atoms with Crippen molar-refractivity contribution in [2.75, 3.05) is 6.61 Å². The number of rotatable bonds is 15. The molecule has 0 unspecified atom stereocenters. The molecule has 37 heavy (non-hydrogen) atoms. The molecule has 1 atom stereocenters. The van der Waals surface area contributed by atoms with Crippen molar-refractivity contribution in [3.8, 4) is 16.9 Å². The highest BCUT2D eigenvalue weighted by molar-refractivity contribution is 9.10. The lowest BCUT2D eigenvalue weighted by molar-refractivity contribution is -0.157. The van der Waals surface area contributed by atoms with Gasteiger partial charge in [-0.2, -0.15) is 0 Å². The van der Waals surface area contributed by atoms with Gasteiger partial charge in [0, 0.05) is 0 Å². The predicted octanol–water partition coefficient (Wildman–Crippen LogP) is 9.95. The summed E-state index contributed by atoms with van der Waals surface area (Å²) in [5.41, 5.74) is 3.65. The van der Waals surface area contributed by atoms with Crippen molar-refractivity contribution in [2.24, 2.45) is 0 Å². The first-order valence-electron chi connectivity index (χ1n) is 14.4. The van der Waals surface area contributed by atoms with Crippen LogP contribution in [0.3, 0.4) is 0 Å². The molecule has 0 N–H and O–H groups in total. The van der Waals surface area contributed by atoms with Gasteiger partial charge in [-0.15, -0.1) is 0 Å². The normalized spacial score (nSPS) is 18.4. The maximum atomic E-state index is 13.9. The van der Waals surface area contributed by atoms with Crippen molar-refractivity contribution in [2.45, 2.75) is 116 Å². The van der Waals surface area contributed by atoms with Crippen LogP contribution in [0.25, 0.3) is 11.1 Å². The largest absolute Gasteiger partial charge is 0.492 e. The Balaban J connectivity index is 1.45. The van der Waals surface area contributed by atoms with Gasteiger partial charge >= 0.3 is 5.97 Å². The van der Waals surface area contributed by atoms with Crippen molar-refractivity contribution >= 4 is 21.9 Å². The number of alkyl halides is 1. The van der Waals surface area contributed by atoms with Gasteiger partial charge in [0.15, 0.2) is 6.17 Å². The molecule has 0 bridgehead atoms. The van der Waals surface area contributed by atoms with Gasteiger partial charge in [-0.25, -0.2) is 9.18 Å². The molecule has 1 fully saturated rings. The molecule has 0 aliphatic heterocycles. The summed E-state index contributed by atoms with van der Waals surface area (Å²) in [5.74, 6) is 0.678. The number of benzene rings is 2. The van der Waals surface area contributed by atoms with Gasteiger partial charge in [0.1, 0.15) is 11.9 Å². The molecular weight excluding hydrogens is 531 g/mol. The Morgan fingerprint density at radius 2 is 1.54 bits per heavy atom. The smallest absolute Gasteiger partial charge is 0.340 e. The quantitative estimate of drug-likeness (QED) is 0.157. The predicted molar refractivity (Wildman–Crippen MR) is 154 cm³/mol. The fourth-order valence-corrected chi connectivity index (χ4v) is 5.56. The SMILES string of the molecule is CCCCCCCCOc1ccc(-c2ccc([C@H]3CC[C@H](OC(=O)[C@@H](F)CCCC)CC3)cc2)cc1Br. The van der Waals surface area contributed by atoms with Gasteiger partial charge in [0.2, 0.25) is 0 Å². The van der Waals surface area contributed by atoms with Crippen molar-refractivity contribution in [3.63, 3.8) is 0 Å². The molecule has 3 rings (SSSR count). The summed E-state index contributed by atoms with van der Waals surface area (Å²) >= 11 is 3.68. The van der Waals surface area contributed by atoms with Crippen LogP contribution >= 0.6 is 15.9 Å². The third-order valence-electron chi connectivity index (χ3n) is 7.43. The van der Waals surface area contributed by atoms with Gasteiger partial charge in [0.25, 0.3) is 0 Å². The Labute approximate surface area is 231 Å². The fourth-order valence-electron chi connectivity index (χ4n) is 5.06. The summed E-state index contributed by atoms with van der Waals surface area (Å²) in [6.07, 6.45) is 11.3. The third kappa shape index (κ3) is 9.74. The maximum absolute atomic E-state index is 13.9. The van der Waals surface area contributed by atoms with Gasteiger partial charge in [-0.1, -0.05) is 89.1 Å². The van der Waals surface area contributed by atoms with E-state index in [-0.39, 0.29) is 12.5 Å². The van der Waals surface area contributed by atoms with Crippen LogP contribution in [0.2, 0.25) is 0 Å². The van der Waals surface area contributed by atoms with Crippen LogP contribution in [0.15, 0.2) is 46.9 Å². The Bertz CT molecular complexity index is 938. The average Bonchev–Trinajstić information content (AvgIpc) is 2.92. The van der Waals surface area contributed by atoms with E-state index in [2.05, 4.69) is 65.3 Å². The van der Waals surface area contributed by atoms with E-state index in [1.165, 1.54) is 43.2 Å². The number of unbranched alkanes of at least 4 members (excludes halogenated alkanes) is 6. The topological polar surface area (TPSA) is 35.5 Å². The van der Waals surface area contributed by atoms with E-state index < -0.39 is 12.1 Å². The molecule has 5 heteroatoms. The minimum Gasteiger partial charge on any atom is -0.492 e. The summed E-state index contributed by atoms with van der Waals surface area (Å²) in [6.45, 7) is 4.99. The first-order valence-corrected chi connectivity index (χ1v) is 15.2. The average molecular weight is 576 g/mol. The molecule has 204 valence electrons. The molecule has 3 nitrogen and oxygen atoms in total. The van der Waals surface area contributed by atoms with E-state index in [0.717, 1.165) is 60.9 Å². The minimum atomic E-state index is -1.48. The molecule has 0 aromatic heterocycles. The monoisotopic (exact) mass is 574 g/mol. The highest BCUT2D eigenvalue weighted by Gasteiger charge is 2.27. The minimum absolute atomic E-state index is 0.151. The van der Waals surface area contributed by atoms with E-state index in [1.54, 1.807) is 0 Å². The molecule has 0 amide bonds. The lowest BCUT2D eigenvalue weighted by Gasteiger charge is -2.29. The Hall–Kier alpha value is -1.88. The Morgan fingerprint density at radius 1 is 0.892 bits per heavy atom. The number of ether oxygens (including phenoxy) is 2. The number of carbonyl (C=O) groups excluding carboxylic acids is 1. The molecule has 0 radical (unpaired) electrons. The maximum Gasteiger partial charge on any atom is 0.340 e. The highest BCUT2D eigenvalue weighted by atomic mass is 79.9. The van der Waals surface area contributed by atoms with E-state index >= 15 is 0 Å². The molecule has 0 saturated heterocycles. The number of carbonyl (C=O) groups is 1. The second-order valence-electron chi connectivity index (χ2n) is 10.4. The summed E-state index contributed by atoms with van der Waals surface area (Å²) in [5, 5.41) is 0. The second kappa shape index (κ2) is 16.2. The molecule has 1 saturated carbocycles.